The molecule has 0 radical (unpaired) electrons. The third-order valence-electron chi connectivity index (χ3n) is 1.75. The van der Waals surface area contributed by atoms with E-state index in [2.05, 4.69) is 22.1 Å². The first-order valence-electron chi connectivity index (χ1n) is 3.69. The van der Waals surface area contributed by atoms with Gasteiger partial charge in [-0.25, -0.2) is 0 Å². The number of fused-ring (bicyclic) bond motifs is 1. The van der Waals surface area contributed by atoms with Gasteiger partial charge in [0.05, 0.1) is 18.0 Å². The van der Waals surface area contributed by atoms with Crippen molar-refractivity contribution < 1.29 is 0 Å². The van der Waals surface area contributed by atoms with Crippen LogP contribution < -0.4 is 0 Å². The molecule has 1 aliphatic heterocycles. The number of hydrogen-bond acceptors (Lipinski definition) is 3. The van der Waals surface area contributed by atoms with Crippen molar-refractivity contribution in [2.24, 2.45) is 12.0 Å². The van der Waals surface area contributed by atoms with E-state index in [1.54, 1.807) is 11.0 Å². The highest BCUT2D eigenvalue weighted by Gasteiger charge is 2.14. The first-order chi connectivity index (χ1) is 5.25. The molecule has 1 aliphatic rings. The molecule has 2 heterocycles. The van der Waals surface area contributed by atoms with Crippen molar-refractivity contribution in [3.05, 3.63) is 11.4 Å². The maximum atomic E-state index is 4.24. The van der Waals surface area contributed by atoms with E-state index in [1.165, 1.54) is 0 Å². The quantitative estimate of drug-likeness (QED) is 0.529. The summed E-state index contributed by atoms with van der Waals surface area (Å²) in [6.07, 6.45) is 2.72. The lowest BCUT2D eigenvalue weighted by Gasteiger charge is -2.07. The van der Waals surface area contributed by atoms with Gasteiger partial charge in [0.25, 0.3) is 0 Å². The van der Waals surface area contributed by atoms with Crippen LogP contribution in [0.25, 0.3) is 0 Å². The van der Waals surface area contributed by atoms with Crippen molar-refractivity contribution in [3.8, 4) is 0 Å². The Morgan fingerprint density at radius 1 is 1.55 bits per heavy atom. The third-order valence-corrected chi connectivity index (χ3v) is 1.75. The van der Waals surface area contributed by atoms with E-state index in [9.17, 15) is 0 Å². The van der Waals surface area contributed by atoms with Crippen LogP contribution in [0.2, 0.25) is 0 Å². The number of nitrogens with zero attached hydrogens (tertiary/aromatic N) is 4. The SMILES string of the molecule is CC1Cc2nn(C)nc2C=N1. The third kappa shape index (κ3) is 1.04. The molecule has 0 saturated heterocycles. The first kappa shape index (κ1) is 6.52. The maximum Gasteiger partial charge on any atom is 0.126 e. The Bertz CT molecular complexity index is 299. The zero-order valence-corrected chi connectivity index (χ0v) is 6.65. The summed E-state index contributed by atoms with van der Waals surface area (Å²) in [7, 11) is 1.83. The number of aromatic nitrogens is 3. The Labute approximate surface area is 64.9 Å². The molecule has 0 aromatic carbocycles. The molecule has 4 heteroatoms. The maximum absolute atomic E-state index is 4.24. The van der Waals surface area contributed by atoms with Gasteiger partial charge < -0.3 is 0 Å². The molecule has 1 aromatic rings. The Morgan fingerprint density at radius 3 is 3.18 bits per heavy atom. The van der Waals surface area contributed by atoms with Gasteiger partial charge in [0.1, 0.15) is 5.69 Å². The summed E-state index contributed by atoms with van der Waals surface area (Å²) in [5.41, 5.74) is 1.99. The van der Waals surface area contributed by atoms with E-state index in [4.69, 9.17) is 0 Å². The highest BCUT2D eigenvalue weighted by atomic mass is 15.5. The summed E-state index contributed by atoms with van der Waals surface area (Å²) in [5.74, 6) is 0. The minimum atomic E-state index is 0.360. The summed E-state index contributed by atoms with van der Waals surface area (Å²) in [6.45, 7) is 2.08. The van der Waals surface area contributed by atoms with Crippen LogP contribution in [0.1, 0.15) is 18.3 Å². The van der Waals surface area contributed by atoms with Gasteiger partial charge in [0, 0.05) is 13.5 Å². The predicted molar refractivity (Wildman–Crippen MR) is 41.8 cm³/mol. The minimum Gasteiger partial charge on any atom is -0.287 e. The van der Waals surface area contributed by atoms with Gasteiger partial charge in [0.15, 0.2) is 0 Å². The largest absolute Gasteiger partial charge is 0.287 e. The highest BCUT2D eigenvalue weighted by Crippen LogP contribution is 2.10. The van der Waals surface area contributed by atoms with Crippen molar-refractivity contribution >= 4 is 6.21 Å². The number of aryl methyl sites for hydroxylation is 1. The summed E-state index contributed by atoms with van der Waals surface area (Å²) in [5, 5.41) is 8.36. The highest BCUT2D eigenvalue weighted by molar-refractivity contribution is 5.79. The number of rotatable bonds is 0. The summed E-state index contributed by atoms with van der Waals surface area (Å²) >= 11 is 0. The first-order valence-corrected chi connectivity index (χ1v) is 3.69. The molecule has 58 valence electrons. The van der Waals surface area contributed by atoms with Gasteiger partial charge in [-0.1, -0.05) is 0 Å². The van der Waals surface area contributed by atoms with Crippen molar-refractivity contribution in [1.82, 2.24) is 15.0 Å². The van der Waals surface area contributed by atoms with E-state index in [0.717, 1.165) is 17.8 Å². The fraction of sp³-hybridized carbons (Fsp3) is 0.571. The van der Waals surface area contributed by atoms with Crippen LogP contribution in [0.4, 0.5) is 0 Å². The average Bonchev–Trinajstić information content (AvgIpc) is 2.27. The smallest absolute Gasteiger partial charge is 0.126 e. The number of hydrogen-bond donors (Lipinski definition) is 0. The van der Waals surface area contributed by atoms with E-state index < -0.39 is 0 Å². The van der Waals surface area contributed by atoms with Gasteiger partial charge in [-0.2, -0.15) is 15.0 Å². The van der Waals surface area contributed by atoms with Gasteiger partial charge >= 0.3 is 0 Å². The lowest BCUT2D eigenvalue weighted by molar-refractivity contribution is 0.636. The van der Waals surface area contributed by atoms with Crippen LogP contribution >= 0.6 is 0 Å². The summed E-state index contributed by atoms with van der Waals surface area (Å²) in [4.78, 5) is 5.84. The Morgan fingerprint density at radius 2 is 2.36 bits per heavy atom. The number of aliphatic imine (C=N–C) groups is 1. The van der Waals surface area contributed by atoms with Crippen molar-refractivity contribution in [2.75, 3.05) is 0 Å². The van der Waals surface area contributed by atoms with Crippen molar-refractivity contribution in [1.29, 1.82) is 0 Å². The topological polar surface area (TPSA) is 43.1 Å². The second kappa shape index (κ2) is 2.15. The molecular formula is C7H10N4. The van der Waals surface area contributed by atoms with Crippen LogP contribution in [0.5, 0.6) is 0 Å². The second-order valence-corrected chi connectivity index (χ2v) is 2.85. The molecule has 0 spiro atoms. The molecule has 0 bridgehead atoms. The van der Waals surface area contributed by atoms with E-state index in [1.807, 2.05) is 7.05 Å². The standard InChI is InChI=1S/C7H10N4/c1-5-3-6-7(4-8-5)10-11(2)9-6/h4-5H,3H2,1-2H3. The predicted octanol–water partition coefficient (Wildman–Crippen LogP) is 0.179. The van der Waals surface area contributed by atoms with Crippen LogP contribution in [0, 0.1) is 0 Å². The summed E-state index contributed by atoms with van der Waals surface area (Å²) < 4.78 is 0. The molecule has 1 atom stereocenters. The zero-order chi connectivity index (χ0) is 7.84. The normalized spacial score (nSPS) is 21.8. The van der Waals surface area contributed by atoms with Crippen LogP contribution in [0.3, 0.4) is 0 Å². The fourth-order valence-electron chi connectivity index (χ4n) is 1.24. The van der Waals surface area contributed by atoms with E-state index in [0.29, 0.717) is 6.04 Å². The van der Waals surface area contributed by atoms with Gasteiger partial charge in [-0.15, -0.1) is 0 Å². The Kier molecular flexibility index (Phi) is 1.27. The fourth-order valence-corrected chi connectivity index (χ4v) is 1.24. The molecular weight excluding hydrogens is 140 g/mol. The molecule has 0 saturated carbocycles. The minimum absolute atomic E-state index is 0.360. The molecule has 4 nitrogen and oxygen atoms in total. The van der Waals surface area contributed by atoms with Crippen molar-refractivity contribution in [2.45, 2.75) is 19.4 Å². The van der Waals surface area contributed by atoms with Gasteiger partial charge in [-0.3, -0.25) is 4.99 Å². The Hall–Kier alpha value is -1.19. The Balaban J connectivity index is 2.44. The monoisotopic (exact) mass is 150 g/mol. The second-order valence-electron chi connectivity index (χ2n) is 2.85. The van der Waals surface area contributed by atoms with Gasteiger partial charge in [0.2, 0.25) is 0 Å². The lowest BCUT2D eigenvalue weighted by Crippen LogP contribution is -2.11. The van der Waals surface area contributed by atoms with Crippen molar-refractivity contribution in [3.63, 3.8) is 0 Å². The molecule has 0 aliphatic carbocycles. The van der Waals surface area contributed by atoms with Crippen LogP contribution in [-0.4, -0.2) is 27.3 Å². The van der Waals surface area contributed by atoms with Crippen LogP contribution in [-0.2, 0) is 13.5 Å². The zero-order valence-electron chi connectivity index (χ0n) is 6.65. The molecule has 0 fully saturated rings. The van der Waals surface area contributed by atoms with Crippen LogP contribution in [0.15, 0.2) is 4.99 Å². The lowest BCUT2D eigenvalue weighted by atomic mass is 10.1. The molecule has 1 unspecified atom stereocenters. The molecule has 0 N–H and O–H groups in total. The van der Waals surface area contributed by atoms with Gasteiger partial charge in [-0.05, 0) is 6.92 Å². The average molecular weight is 150 g/mol. The molecule has 0 amide bonds. The molecule has 2 rings (SSSR count). The summed E-state index contributed by atoms with van der Waals surface area (Å²) in [6, 6.07) is 0.360. The molecule has 1 aromatic heterocycles. The molecule has 11 heavy (non-hydrogen) atoms. The van der Waals surface area contributed by atoms with E-state index in [-0.39, 0.29) is 0 Å². The van der Waals surface area contributed by atoms with E-state index >= 15 is 0 Å².